The van der Waals surface area contributed by atoms with Gasteiger partial charge in [0.2, 0.25) is 5.43 Å². The van der Waals surface area contributed by atoms with Gasteiger partial charge in [-0.25, -0.2) is 0 Å². The molecule has 3 rings (SSSR count). The van der Waals surface area contributed by atoms with E-state index in [1.54, 1.807) is 30.3 Å². The Hall–Kier alpha value is -2.37. The van der Waals surface area contributed by atoms with Crippen LogP contribution in [0.25, 0.3) is 21.9 Å². The van der Waals surface area contributed by atoms with Crippen LogP contribution >= 0.6 is 0 Å². The maximum absolute atomic E-state index is 12.6. The molecular weight excluding hydrogens is 318 g/mol. The number of aliphatic hydroxyl groups is 1. The Morgan fingerprint density at radius 2 is 1.84 bits per heavy atom. The van der Waals surface area contributed by atoms with E-state index >= 15 is 0 Å². The first-order valence-electron chi connectivity index (χ1n) is 8.35. The molecule has 1 heterocycles. The molecule has 0 aliphatic heterocycles. The summed E-state index contributed by atoms with van der Waals surface area (Å²) in [7, 11) is 0. The molecule has 0 bridgehead atoms. The number of nitrogens with one attached hydrogen (secondary N) is 1. The third kappa shape index (κ3) is 4.18. The average Bonchev–Trinajstić information content (AvgIpc) is 2.58. The lowest BCUT2D eigenvalue weighted by molar-refractivity contribution is 0.100. The molecule has 1 aromatic heterocycles. The molecule has 1 atom stereocenters. The van der Waals surface area contributed by atoms with E-state index in [9.17, 15) is 9.90 Å². The number of ether oxygens (including phenoxy) is 1. The zero-order valence-electron chi connectivity index (χ0n) is 14.7. The predicted molar refractivity (Wildman–Crippen MR) is 99.2 cm³/mol. The predicted octanol–water partition coefficient (Wildman–Crippen LogP) is 3.07. The van der Waals surface area contributed by atoms with Gasteiger partial charge >= 0.3 is 0 Å². The van der Waals surface area contributed by atoms with Crippen molar-refractivity contribution in [2.75, 3.05) is 13.2 Å². The molecule has 0 saturated heterocycles. The summed E-state index contributed by atoms with van der Waals surface area (Å²) in [4.78, 5) is 12.6. The van der Waals surface area contributed by atoms with Gasteiger partial charge < -0.3 is 19.6 Å². The Morgan fingerprint density at radius 1 is 1.12 bits per heavy atom. The minimum absolute atomic E-state index is 0.0655. The lowest BCUT2D eigenvalue weighted by atomic mass is 10.1. The van der Waals surface area contributed by atoms with Gasteiger partial charge in [-0.05, 0) is 51.1 Å². The van der Waals surface area contributed by atoms with E-state index in [2.05, 4.69) is 5.32 Å². The van der Waals surface area contributed by atoms with Gasteiger partial charge in [0.15, 0.2) is 0 Å². The highest BCUT2D eigenvalue weighted by Gasteiger charge is 2.13. The van der Waals surface area contributed by atoms with Crippen molar-refractivity contribution < 1.29 is 14.3 Å². The lowest BCUT2D eigenvalue weighted by Crippen LogP contribution is -2.42. The highest BCUT2D eigenvalue weighted by atomic mass is 16.5. The van der Waals surface area contributed by atoms with Crippen molar-refractivity contribution in [1.29, 1.82) is 0 Å². The Morgan fingerprint density at radius 3 is 2.60 bits per heavy atom. The number of para-hydroxylation sites is 1. The number of β-amino-alcohol motifs (C(OH)–C–C–N with tert-alkyl or cyclic N) is 1. The molecule has 2 N–H and O–H groups in total. The normalized spacial score (nSPS) is 13.3. The van der Waals surface area contributed by atoms with Gasteiger partial charge in [0, 0.05) is 12.1 Å². The Balaban J connectivity index is 1.78. The van der Waals surface area contributed by atoms with E-state index in [1.165, 1.54) is 0 Å². The van der Waals surface area contributed by atoms with Crippen molar-refractivity contribution in [2.45, 2.75) is 32.4 Å². The fraction of sp³-hybridized carbons (Fsp3) is 0.350. The van der Waals surface area contributed by atoms with Gasteiger partial charge in [-0.15, -0.1) is 0 Å². The number of rotatable bonds is 5. The first-order valence-corrected chi connectivity index (χ1v) is 8.35. The largest absolute Gasteiger partial charge is 0.491 e. The van der Waals surface area contributed by atoms with Crippen LogP contribution in [0.3, 0.4) is 0 Å². The maximum Gasteiger partial charge on any atom is 0.200 e. The Kier molecular flexibility index (Phi) is 4.79. The van der Waals surface area contributed by atoms with Crippen molar-refractivity contribution in [3.63, 3.8) is 0 Å². The molecule has 0 spiro atoms. The van der Waals surface area contributed by atoms with E-state index < -0.39 is 6.10 Å². The zero-order valence-corrected chi connectivity index (χ0v) is 14.7. The van der Waals surface area contributed by atoms with Gasteiger partial charge in [0.1, 0.15) is 29.6 Å². The standard InChI is InChI=1S/C20H23NO4/c1-20(2,3)21-11-13(22)12-24-14-8-9-18-16(10-14)19(23)15-6-4-5-7-17(15)25-18/h4-10,13,21-22H,11-12H2,1-3H3. The van der Waals surface area contributed by atoms with E-state index in [0.29, 0.717) is 34.2 Å². The minimum Gasteiger partial charge on any atom is -0.491 e. The fourth-order valence-corrected chi connectivity index (χ4v) is 2.55. The first-order chi connectivity index (χ1) is 11.8. The second-order valence-corrected chi connectivity index (χ2v) is 7.18. The molecule has 0 saturated carbocycles. The van der Waals surface area contributed by atoms with Crippen molar-refractivity contribution in [2.24, 2.45) is 0 Å². The molecular formula is C20H23NO4. The summed E-state index contributed by atoms with van der Waals surface area (Å²) in [5.74, 6) is 0.532. The van der Waals surface area contributed by atoms with Crippen LogP contribution < -0.4 is 15.5 Å². The Bertz CT molecular complexity index is 940. The van der Waals surface area contributed by atoms with E-state index in [-0.39, 0.29) is 17.6 Å². The molecule has 1 unspecified atom stereocenters. The topological polar surface area (TPSA) is 71.7 Å². The first kappa shape index (κ1) is 17.5. The molecule has 25 heavy (non-hydrogen) atoms. The Labute approximate surface area is 146 Å². The molecule has 5 nitrogen and oxygen atoms in total. The third-order valence-corrected chi connectivity index (χ3v) is 3.86. The van der Waals surface area contributed by atoms with Crippen molar-refractivity contribution in [3.8, 4) is 5.75 Å². The number of aliphatic hydroxyl groups excluding tert-OH is 1. The monoisotopic (exact) mass is 341 g/mol. The van der Waals surface area contributed by atoms with Crippen LogP contribution in [-0.2, 0) is 0 Å². The highest BCUT2D eigenvalue weighted by molar-refractivity contribution is 5.90. The number of hydrogen-bond acceptors (Lipinski definition) is 5. The molecule has 0 aliphatic rings. The molecule has 0 aliphatic carbocycles. The maximum atomic E-state index is 12.6. The lowest BCUT2D eigenvalue weighted by Gasteiger charge is -2.23. The van der Waals surface area contributed by atoms with Gasteiger partial charge in [0.05, 0.1) is 10.8 Å². The second-order valence-electron chi connectivity index (χ2n) is 7.18. The van der Waals surface area contributed by atoms with E-state index in [4.69, 9.17) is 9.15 Å². The summed E-state index contributed by atoms with van der Waals surface area (Å²) in [6.45, 7) is 6.69. The summed E-state index contributed by atoms with van der Waals surface area (Å²) in [5, 5.41) is 14.3. The third-order valence-electron chi connectivity index (χ3n) is 3.86. The average molecular weight is 341 g/mol. The molecule has 0 fully saturated rings. The molecule has 5 heteroatoms. The van der Waals surface area contributed by atoms with Crippen molar-refractivity contribution >= 4 is 21.9 Å². The summed E-state index contributed by atoms with van der Waals surface area (Å²) < 4.78 is 11.4. The molecule has 3 aromatic rings. The smallest absolute Gasteiger partial charge is 0.200 e. The number of fused-ring (bicyclic) bond motifs is 2. The van der Waals surface area contributed by atoms with Gasteiger partial charge in [-0.3, -0.25) is 4.79 Å². The summed E-state index contributed by atoms with van der Waals surface area (Å²) in [6.07, 6.45) is -0.636. The van der Waals surface area contributed by atoms with E-state index in [0.717, 1.165) is 0 Å². The second kappa shape index (κ2) is 6.86. The van der Waals surface area contributed by atoms with Crippen LogP contribution in [0.1, 0.15) is 20.8 Å². The summed E-state index contributed by atoms with van der Waals surface area (Å²) in [5.41, 5.74) is 0.935. The fourth-order valence-electron chi connectivity index (χ4n) is 2.55. The summed E-state index contributed by atoms with van der Waals surface area (Å²) >= 11 is 0. The van der Waals surface area contributed by atoms with Gasteiger partial charge in [-0.2, -0.15) is 0 Å². The van der Waals surface area contributed by atoms with Gasteiger partial charge in [-0.1, -0.05) is 12.1 Å². The number of hydrogen-bond donors (Lipinski definition) is 2. The van der Waals surface area contributed by atoms with Gasteiger partial charge in [0.25, 0.3) is 0 Å². The molecule has 0 amide bonds. The summed E-state index contributed by atoms with van der Waals surface area (Å²) in [6, 6.07) is 12.3. The van der Waals surface area contributed by atoms with Crippen LogP contribution in [0.15, 0.2) is 51.7 Å². The quantitative estimate of drug-likeness (QED) is 0.698. The number of benzene rings is 2. The van der Waals surface area contributed by atoms with Crippen LogP contribution in [-0.4, -0.2) is 29.9 Å². The van der Waals surface area contributed by atoms with Crippen molar-refractivity contribution in [3.05, 3.63) is 52.7 Å². The molecule has 132 valence electrons. The van der Waals surface area contributed by atoms with Crippen LogP contribution in [0.4, 0.5) is 0 Å². The van der Waals surface area contributed by atoms with Crippen molar-refractivity contribution in [1.82, 2.24) is 5.32 Å². The van der Waals surface area contributed by atoms with Crippen LogP contribution in [0.2, 0.25) is 0 Å². The van der Waals surface area contributed by atoms with E-state index in [1.807, 2.05) is 32.9 Å². The molecule has 2 aromatic carbocycles. The minimum atomic E-state index is -0.636. The highest BCUT2D eigenvalue weighted by Crippen LogP contribution is 2.22. The van der Waals surface area contributed by atoms with Crippen LogP contribution in [0.5, 0.6) is 5.75 Å². The molecule has 0 radical (unpaired) electrons. The zero-order chi connectivity index (χ0) is 18.0. The SMILES string of the molecule is CC(C)(C)NCC(O)COc1ccc2oc3ccccc3c(=O)c2c1. The van der Waals surface area contributed by atoms with Crippen LogP contribution in [0, 0.1) is 0 Å².